The third kappa shape index (κ3) is 62.1. The first kappa shape index (κ1) is 9.23. The molecule has 0 N–H and O–H groups in total. The van der Waals surface area contributed by atoms with E-state index in [2.05, 4.69) is 20.8 Å². The number of hydrogen-bond donors (Lipinski definition) is 0. The summed E-state index contributed by atoms with van der Waals surface area (Å²) in [4.78, 5) is 0. The van der Waals surface area contributed by atoms with Crippen LogP contribution in [0, 0.1) is 5.92 Å². The molecule has 0 bridgehead atoms. The summed E-state index contributed by atoms with van der Waals surface area (Å²) in [7, 11) is 0. The van der Waals surface area contributed by atoms with E-state index < -0.39 is 0 Å². The Hall–Kier alpha value is 0.766. The molecule has 0 saturated heterocycles. The molecule has 0 nitrogen and oxygen atoms in total. The third-order valence-electron chi connectivity index (χ3n) is 0. The van der Waals surface area contributed by atoms with Crippen LogP contribution in [0.2, 0.25) is 0 Å². The van der Waals surface area contributed by atoms with Gasteiger partial charge in [-0.05, 0) is 5.92 Å². The van der Waals surface area contributed by atoms with E-state index in [1.54, 1.807) is 0 Å². The third-order valence-corrected chi connectivity index (χ3v) is 0. The summed E-state index contributed by atoms with van der Waals surface area (Å²) in [6.07, 6.45) is 0. The van der Waals surface area contributed by atoms with Crippen molar-refractivity contribution in [1.29, 1.82) is 0 Å². The van der Waals surface area contributed by atoms with Gasteiger partial charge in [-0.3, -0.25) is 0 Å². The largest absolute Gasteiger partial charge is 0.316 e. The van der Waals surface area contributed by atoms with Gasteiger partial charge in [-0.25, -0.2) is 0 Å². The minimum atomic E-state index is 0. The Balaban J connectivity index is 0. The SMILES string of the molecule is C[C](C)C.[MgH2]. The second kappa shape index (κ2) is 4.77. The molecule has 0 aromatic heterocycles. The van der Waals surface area contributed by atoms with Crippen molar-refractivity contribution in [1.82, 2.24) is 0 Å². The predicted octanol–water partition coefficient (Wildman–Crippen LogP) is 0.704. The zero-order valence-corrected chi connectivity index (χ0v) is 3.50. The second-order valence-electron chi connectivity index (χ2n) is 1.50. The van der Waals surface area contributed by atoms with Gasteiger partial charge in [-0.1, -0.05) is 20.8 Å². The minimum absolute atomic E-state index is 0. The highest BCUT2D eigenvalue weighted by Crippen LogP contribution is 1.85. The van der Waals surface area contributed by atoms with Crippen LogP contribution in [0.25, 0.3) is 0 Å². The fourth-order valence-corrected chi connectivity index (χ4v) is 0. The maximum Gasteiger partial charge on any atom is 0.316 e. The van der Waals surface area contributed by atoms with Gasteiger partial charge in [0, 0.05) is 0 Å². The summed E-state index contributed by atoms with van der Waals surface area (Å²) in [6, 6.07) is 0. The lowest BCUT2D eigenvalue weighted by atomic mass is 10.3. The van der Waals surface area contributed by atoms with Crippen LogP contribution >= 0.6 is 0 Å². The van der Waals surface area contributed by atoms with E-state index >= 15 is 0 Å². The van der Waals surface area contributed by atoms with E-state index in [4.69, 9.17) is 0 Å². The first-order valence-corrected chi connectivity index (χ1v) is 1.50. The molecule has 0 aromatic carbocycles. The van der Waals surface area contributed by atoms with Crippen molar-refractivity contribution in [2.75, 3.05) is 0 Å². The van der Waals surface area contributed by atoms with E-state index in [1.807, 2.05) is 0 Å². The Kier molecular flexibility index (Phi) is 8.80. The Morgan fingerprint density at radius 2 is 1.00 bits per heavy atom. The average molecular weight is 83.4 g/mol. The van der Waals surface area contributed by atoms with Gasteiger partial charge in [-0.15, -0.1) is 0 Å². The molecular weight excluding hydrogens is 72.3 g/mol. The number of rotatable bonds is 0. The van der Waals surface area contributed by atoms with Crippen molar-refractivity contribution in [3.8, 4) is 0 Å². The van der Waals surface area contributed by atoms with Gasteiger partial charge < -0.3 is 0 Å². The Bertz CT molecular complexity index is 8.36. The summed E-state index contributed by atoms with van der Waals surface area (Å²) < 4.78 is 0. The van der Waals surface area contributed by atoms with Gasteiger partial charge in [0.05, 0.1) is 0 Å². The van der Waals surface area contributed by atoms with E-state index in [-0.39, 0.29) is 23.1 Å². The van der Waals surface area contributed by atoms with Crippen molar-refractivity contribution in [2.45, 2.75) is 20.8 Å². The fraction of sp³-hybridized carbons (Fsp3) is 0.750. The van der Waals surface area contributed by atoms with Gasteiger partial charge >= 0.3 is 23.1 Å². The highest BCUT2D eigenvalue weighted by molar-refractivity contribution is 5.75. The summed E-state index contributed by atoms with van der Waals surface area (Å²) in [5.74, 6) is 1.42. The van der Waals surface area contributed by atoms with Crippen molar-refractivity contribution in [2.24, 2.45) is 0 Å². The van der Waals surface area contributed by atoms with Crippen molar-refractivity contribution >= 4 is 23.1 Å². The molecule has 0 fully saturated rings. The average Bonchev–Trinajstić information content (AvgIpc) is 0.811. The maximum atomic E-state index is 2.08. The second-order valence-corrected chi connectivity index (χ2v) is 1.50. The fourth-order valence-electron chi connectivity index (χ4n) is 0. The standard InChI is InChI=1S/C4H9.Mg.2H/c1-4(2)3;;;/h1-3H3;;;. The molecule has 29 valence electrons. The molecule has 5 heavy (non-hydrogen) atoms. The van der Waals surface area contributed by atoms with Crippen molar-refractivity contribution in [3.63, 3.8) is 0 Å². The molecule has 0 aromatic rings. The molecule has 0 aliphatic heterocycles. The van der Waals surface area contributed by atoms with E-state index in [1.165, 1.54) is 5.92 Å². The summed E-state index contributed by atoms with van der Waals surface area (Å²) in [5, 5.41) is 0. The summed E-state index contributed by atoms with van der Waals surface area (Å²) >= 11 is 0. The molecule has 0 spiro atoms. The molecule has 0 rings (SSSR count). The van der Waals surface area contributed by atoms with Crippen molar-refractivity contribution in [3.05, 3.63) is 5.92 Å². The topological polar surface area (TPSA) is 0 Å². The first-order chi connectivity index (χ1) is 1.73. The summed E-state index contributed by atoms with van der Waals surface area (Å²) in [6.45, 7) is 6.25. The number of hydrogen-bond acceptors (Lipinski definition) is 0. The van der Waals surface area contributed by atoms with E-state index in [0.717, 1.165) is 0 Å². The van der Waals surface area contributed by atoms with Gasteiger partial charge in [0.25, 0.3) is 0 Å². The molecule has 0 unspecified atom stereocenters. The van der Waals surface area contributed by atoms with Crippen LogP contribution < -0.4 is 0 Å². The molecule has 1 radical (unpaired) electrons. The van der Waals surface area contributed by atoms with Gasteiger partial charge in [-0.2, -0.15) is 0 Å². The minimum Gasteiger partial charge on any atom is -0.0597 e. The molecule has 1 heteroatoms. The highest BCUT2D eigenvalue weighted by atomic mass is 24.3. The zero-order chi connectivity index (χ0) is 3.58. The van der Waals surface area contributed by atoms with Gasteiger partial charge in [0.15, 0.2) is 0 Å². The van der Waals surface area contributed by atoms with Gasteiger partial charge in [0.2, 0.25) is 0 Å². The van der Waals surface area contributed by atoms with Crippen LogP contribution in [0.15, 0.2) is 0 Å². The van der Waals surface area contributed by atoms with Crippen LogP contribution in [0.5, 0.6) is 0 Å². The Labute approximate surface area is 50.1 Å². The van der Waals surface area contributed by atoms with Crippen LogP contribution in [-0.4, -0.2) is 23.1 Å². The molecule has 0 saturated carbocycles. The summed E-state index contributed by atoms with van der Waals surface area (Å²) in [5.41, 5.74) is 0. The zero-order valence-electron chi connectivity index (χ0n) is 3.50. The van der Waals surface area contributed by atoms with Crippen molar-refractivity contribution < 1.29 is 0 Å². The van der Waals surface area contributed by atoms with Gasteiger partial charge in [0.1, 0.15) is 0 Å². The lowest BCUT2D eigenvalue weighted by molar-refractivity contribution is 1.10. The Morgan fingerprint density at radius 3 is 1.00 bits per heavy atom. The molecule has 0 aliphatic rings. The van der Waals surface area contributed by atoms with Crippen LogP contribution in [0.4, 0.5) is 0 Å². The van der Waals surface area contributed by atoms with E-state index in [9.17, 15) is 0 Å². The highest BCUT2D eigenvalue weighted by Gasteiger charge is 1.69. The molecule has 0 atom stereocenters. The normalized spacial score (nSPS) is 7.20. The maximum absolute atomic E-state index is 2.08. The lowest BCUT2D eigenvalue weighted by Crippen LogP contribution is -1.62. The molecule has 0 amide bonds. The molecular formula is C4H11Mg. The Morgan fingerprint density at radius 1 is 1.00 bits per heavy atom. The van der Waals surface area contributed by atoms with Crippen LogP contribution in [0.1, 0.15) is 20.8 Å². The van der Waals surface area contributed by atoms with E-state index in [0.29, 0.717) is 0 Å². The molecule has 0 heterocycles. The lowest BCUT2D eigenvalue weighted by Gasteiger charge is -1.78. The quantitative estimate of drug-likeness (QED) is 0.378. The van der Waals surface area contributed by atoms with Crippen LogP contribution in [0.3, 0.4) is 0 Å². The predicted molar refractivity (Wildman–Crippen MR) is 28.8 cm³/mol. The smallest absolute Gasteiger partial charge is 0.0597 e. The first-order valence-electron chi connectivity index (χ1n) is 1.50. The van der Waals surface area contributed by atoms with Crippen LogP contribution in [-0.2, 0) is 0 Å². The monoisotopic (exact) mass is 83.1 g/mol. The molecule has 0 aliphatic carbocycles.